The fraction of sp³-hybridized carbons (Fsp3) is 0. The third kappa shape index (κ3) is 5.40. The van der Waals surface area contributed by atoms with Crippen molar-refractivity contribution in [2.45, 2.75) is 0 Å². The zero-order valence-electron chi connectivity index (χ0n) is 43.1. The Morgan fingerprint density at radius 3 is 1.91 bits per heavy atom. The third-order valence-corrected chi connectivity index (χ3v) is 10.8. The first-order chi connectivity index (χ1) is 33.6. The highest BCUT2D eigenvalue weighted by Crippen LogP contribution is 2.41. The fourth-order valence-corrected chi connectivity index (χ4v) is 8.20. The molecule has 11 aromatic rings. The minimum atomic E-state index is -0.523. The molecule has 0 fully saturated rings. The first-order valence-corrected chi connectivity index (χ1v) is 18.4. The fourth-order valence-electron chi connectivity index (χ4n) is 7.11. The Kier molecular flexibility index (Phi) is 4.98. The maximum absolute atomic E-state index is 9.17. The van der Waals surface area contributed by atoms with Gasteiger partial charge < -0.3 is 4.57 Å². The molecule has 0 aliphatic rings. The Bertz CT molecular complexity index is 4060. The van der Waals surface area contributed by atoms with Crippen LogP contribution in [-0.2, 0) is 0 Å². The minimum Gasteiger partial charge on any atom is -0.309 e. The molecule has 262 valence electrons. The average molecular weight is 747 g/mol. The van der Waals surface area contributed by atoms with Crippen LogP contribution in [0.2, 0.25) is 0 Å². The SMILES string of the molecule is [2H]c1cc([2H])c2c(c1[2H])c1c([2H])c([2H])c([2H])c([2H])c1n2-c1ccccc1-c1nc(-c2ccc(-c3ccccc3)cc2)nc(-c2cccc(-c3c([2H])c([2H])c([2H])c4c3sc3c([2H])c([2H])c([2H])c([2H])c34)c2)n1. The van der Waals surface area contributed by atoms with E-state index in [4.69, 9.17) is 32.8 Å². The van der Waals surface area contributed by atoms with E-state index in [1.807, 2.05) is 54.6 Å². The zero-order chi connectivity index (χ0) is 49.2. The highest BCUT2D eigenvalue weighted by Gasteiger charge is 2.20. The molecule has 0 unspecified atom stereocenters. The summed E-state index contributed by atoms with van der Waals surface area (Å²) in [5.74, 6) is 0.548. The monoisotopic (exact) mass is 746 g/mol. The molecular formula is C51H32N4S. The standard InChI is InChI=1S/C51H32N4S/c1-2-14-33(15-3-1)34-28-30-35(31-29-34)49-52-50(37-17-12-16-36(32-37)38-22-13-23-42-41-20-7-11-27-47(41)56-48(38)42)54-51(53-49)43-21-6-10-26-46(43)55-44-24-8-4-18-39(44)40-19-5-9-25-45(40)55/h1-32H/i4D,5D,7D,8D,11D,13D,18D,19D,20D,22D,23D,24D,25D,27D. The molecule has 11 rings (SSSR count). The second kappa shape index (κ2) is 13.3. The molecule has 3 heterocycles. The van der Waals surface area contributed by atoms with Crippen molar-refractivity contribution in [1.29, 1.82) is 0 Å². The van der Waals surface area contributed by atoms with Gasteiger partial charge in [0.05, 0.1) is 35.9 Å². The van der Waals surface area contributed by atoms with Gasteiger partial charge in [-0.1, -0.05) is 157 Å². The maximum atomic E-state index is 9.17. The molecule has 0 aliphatic carbocycles. The number of hydrogen-bond donors (Lipinski definition) is 0. The number of para-hydroxylation sites is 3. The molecule has 5 heteroatoms. The van der Waals surface area contributed by atoms with Gasteiger partial charge in [0.2, 0.25) is 0 Å². The summed E-state index contributed by atoms with van der Waals surface area (Å²) in [6.45, 7) is 0. The van der Waals surface area contributed by atoms with Crippen LogP contribution in [0.25, 0.3) is 104 Å². The van der Waals surface area contributed by atoms with Crippen molar-refractivity contribution in [1.82, 2.24) is 19.5 Å². The van der Waals surface area contributed by atoms with Crippen molar-refractivity contribution < 1.29 is 19.2 Å². The topological polar surface area (TPSA) is 43.6 Å². The number of benzene rings is 8. The van der Waals surface area contributed by atoms with Crippen LogP contribution >= 0.6 is 11.3 Å². The Morgan fingerprint density at radius 2 is 1.04 bits per heavy atom. The summed E-state index contributed by atoms with van der Waals surface area (Å²) in [5, 5.41) is 0.275. The van der Waals surface area contributed by atoms with E-state index in [1.54, 1.807) is 48.5 Å². The molecule has 0 saturated heterocycles. The molecular weight excluding hydrogens is 701 g/mol. The van der Waals surface area contributed by atoms with E-state index in [-0.39, 0.29) is 103 Å². The highest BCUT2D eigenvalue weighted by atomic mass is 32.1. The molecule has 0 bridgehead atoms. The van der Waals surface area contributed by atoms with Crippen molar-refractivity contribution in [3.8, 4) is 62.1 Å². The zero-order valence-corrected chi connectivity index (χ0v) is 29.9. The number of fused-ring (bicyclic) bond motifs is 6. The largest absolute Gasteiger partial charge is 0.309 e. The summed E-state index contributed by atoms with van der Waals surface area (Å²) in [6, 6.07) is 27.4. The number of thiophene rings is 1. The van der Waals surface area contributed by atoms with Gasteiger partial charge in [0.1, 0.15) is 0 Å². The van der Waals surface area contributed by atoms with Gasteiger partial charge in [-0.15, -0.1) is 11.3 Å². The van der Waals surface area contributed by atoms with E-state index in [9.17, 15) is 1.37 Å². The summed E-state index contributed by atoms with van der Waals surface area (Å²) in [4.78, 5) is 15.1. The van der Waals surface area contributed by atoms with E-state index in [2.05, 4.69) is 0 Å². The Balaban J connectivity index is 1.17. The Morgan fingerprint density at radius 1 is 0.411 bits per heavy atom. The van der Waals surface area contributed by atoms with Crippen molar-refractivity contribution in [2.24, 2.45) is 0 Å². The average Bonchev–Trinajstić information content (AvgIpc) is 3.96. The molecule has 0 saturated carbocycles. The molecule has 4 nitrogen and oxygen atoms in total. The normalized spacial score (nSPS) is 15.1. The first kappa shape index (κ1) is 21.0. The predicted molar refractivity (Wildman–Crippen MR) is 234 cm³/mol. The molecule has 0 atom stereocenters. The second-order valence-corrected chi connectivity index (χ2v) is 14.0. The van der Waals surface area contributed by atoms with Gasteiger partial charge in [0.15, 0.2) is 17.5 Å². The van der Waals surface area contributed by atoms with E-state index in [0.717, 1.165) is 22.5 Å². The van der Waals surface area contributed by atoms with Gasteiger partial charge in [-0.05, 0) is 58.6 Å². The van der Waals surface area contributed by atoms with Crippen LogP contribution in [0, 0.1) is 0 Å². The lowest BCUT2D eigenvalue weighted by Gasteiger charge is -2.15. The number of rotatable bonds is 6. The van der Waals surface area contributed by atoms with Crippen molar-refractivity contribution in [3.63, 3.8) is 0 Å². The number of hydrogen-bond acceptors (Lipinski definition) is 4. The molecule has 0 aliphatic heterocycles. The summed E-state index contributed by atoms with van der Waals surface area (Å²) < 4.78 is 125. The van der Waals surface area contributed by atoms with Gasteiger partial charge in [-0.3, -0.25) is 0 Å². The lowest BCUT2D eigenvalue weighted by atomic mass is 10.0. The molecule has 8 aromatic carbocycles. The van der Waals surface area contributed by atoms with Gasteiger partial charge >= 0.3 is 0 Å². The quantitative estimate of drug-likeness (QED) is 0.170. The van der Waals surface area contributed by atoms with E-state index in [1.165, 1.54) is 10.6 Å². The molecule has 0 N–H and O–H groups in total. The number of nitrogens with zero attached hydrogens (tertiary/aromatic N) is 4. The van der Waals surface area contributed by atoms with Crippen LogP contribution in [0.3, 0.4) is 0 Å². The van der Waals surface area contributed by atoms with Crippen molar-refractivity contribution >= 4 is 53.3 Å². The van der Waals surface area contributed by atoms with Crippen LogP contribution < -0.4 is 0 Å². The summed E-state index contributed by atoms with van der Waals surface area (Å²) >= 11 is 1.03. The minimum absolute atomic E-state index is 0.000981. The second-order valence-electron chi connectivity index (χ2n) is 12.9. The molecule has 56 heavy (non-hydrogen) atoms. The lowest BCUT2D eigenvalue weighted by molar-refractivity contribution is 1.06. The highest BCUT2D eigenvalue weighted by molar-refractivity contribution is 7.26. The molecule has 0 amide bonds. The van der Waals surface area contributed by atoms with Crippen LogP contribution in [0.1, 0.15) is 19.2 Å². The Labute approximate surface area is 347 Å². The smallest absolute Gasteiger partial charge is 0.166 e. The first-order valence-electron chi connectivity index (χ1n) is 24.6. The van der Waals surface area contributed by atoms with Crippen LogP contribution in [0.4, 0.5) is 0 Å². The van der Waals surface area contributed by atoms with E-state index >= 15 is 0 Å². The lowest BCUT2D eigenvalue weighted by Crippen LogP contribution is -2.03. The van der Waals surface area contributed by atoms with Gasteiger partial charge in [0, 0.05) is 47.6 Å². The van der Waals surface area contributed by atoms with Crippen LogP contribution in [0.5, 0.6) is 0 Å². The van der Waals surface area contributed by atoms with Crippen LogP contribution in [-0.4, -0.2) is 19.5 Å². The van der Waals surface area contributed by atoms with Crippen LogP contribution in [0.15, 0.2) is 194 Å². The van der Waals surface area contributed by atoms with Gasteiger partial charge in [0.25, 0.3) is 0 Å². The third-order valence-electron chi connectivity index (χ3n) is 9.70. The van der Waals surface area contributed by atoms with Gasteiger partial charge in [-0.2, -0.15) is 0 Å². The van der Waals surface area contributed by atoms with Gasteiger partial charge in [-0.25, -0.2) is 15.0 Å². The molecule has 3 aromatic heterocycles. The maximum Gasteiger partial charge on any atom is 0.166 e. The molecule has 0 spiro atoms. The predicted octanol–water partition coefficient (Wildman–Crippen LogP) is 13.7. The van der Waals surface area contributed by atoms with Crippen molar-refractivity contribution in [2.75, 3.05) is 0 Å². The molecule has 0 radical (unpaired) electrons. The Hall–Kier alpha value is -7.21. The van der Waals surface area contributed by atoms with E-state index < -0.39 is 42.3 Å². The summed E-state index contributed by atoms with van der Waals surface area (Å²) in [6.07, 6.45) is 0. The van der Waals surface area contributed by atoms with E-state index in [0.29, 0.717) is 32.6 Å². The van der Waals surface area contributed by atoms with Crippen molar-refractivity contribution in [3.05, 3.63) is 194 Å². The summed E-state index contributed by atoms with van der Waals surface area (Å²) in [5.41, 5.74) is 4.45. The summed E-state index contributed by atoms with van der Waals surface area (Å²) in [7, 11) is 0. The number of aromatic nitrogens is 4.